The van der Waals surface area contributed by atoms with E-state index in [-0.39, 0.29) is 30.8 Å². The first kappa shape index (κ1) is 25.8. The number of fused-ring (bicyclic) bond motifs is 1. The van der Waals surface area contributed by atoms with E-state index in [0.29, 0.717) is 25.2 Å². The second kappa shape index (κ2) is 12.1. The SMILES string of the molecule is COC(=O)c1ccc(CN[C@@H]2C[C@@H](C(=O)NCCc3ccc4c(c3)OCO4)N(Cc3ccccc3)C2)cc1. The summed E-state index contributed by atoms with van der Waals surface area (Å²) < 4.78 is 15.6. The number of likely N-dealkylation sites (tertiary alicyclic amines) is 1. The molecule has 2 heterocycles. The van der Waals surface area contributed by atoms with Gasteiger partial charge in [-0.05, 0) is 53.8 Å². The Morgan fingerprint density at radius 2 is 1.71 bits per heavy atom. The number of hydrogen-bond acceptors (Lipinski definition) is 7. The van der Waals surface area contributed by atoms with Crippen LogP contribution in [0.1, 0.15) is 33.5 Å². The van der Waals surface area contributed by atoms with Gasteiger partial charge in [-0.15, -0.1) is 0 Å². The summed E-state index contributed by atoms with van der Waals surface area (Å²) in [6.07, 6.45) is 1.44. The second-order valence-corrected chi connectivity index (χ2v) is 9.66. The third-order valence-corrected chi connectivity index (χ3v) is 7.05. The standard InChI is InChI=1S/C30H33N3O5/c1-36-30(35)24-10-7-22(8-11-24)17-32-25-16-26(33(19-25)18-23-5-3-2-4-6-23)29(34)31-14-13-21-9-12-27-28(15-21)38-20-37-27/h2-12,15,25-26,32H,13-14,16-20H2,1H3,(H,31,34)/t25-,26+/m1/s1. The first-order chi connectivity index (χ1) is 18.6. The maximum atomic E-state index is 13.3. The number of rotatable bonds is 10. The Labute approximate surface area is 222 Å². The van der Waals surface area contributed by atoms with Crippen LogP contribution < -0.4 is 20.1 Å². The summed E-state index contributed by atoms with van der Waals surface area (Å²) in [5.74, 6) is 1.23. The average Bonchev–Trinajstić information content (AvgIpc) is 3.59. The highest BCUT2D eigenvalue weighted by atomic mass is 16.7. The van der Waals surface area contributed by atoms with Crippen molar-refractivity contribution in [2.75, 3.05) is 27.0 Å². The average molecular weight is 516 g/mol. The van der Waals surface area contributed by atoms with Crippen molar-refractivity contribution in [2.45, 2.75) is 38.0 Å². The Bertz CT molecular complexity index is 1250. The number of carbonyl (C=O) groups excluding carboxylic acids is 2. The molecule has 2 aliphatic rings. The molecule has 38 heavy (non-hydrogen) atoms. The largest absolute Gasteiger partial charge is 0.465 e. The van der Waals surface area contributed by atoms with Crippen LogP contribution in [0.25, 0.3) is 0 Å². The third-order valence-electron chi connectivity index (χ3n) is 7.05. The lowest BCUT2D eigenvalue weighted by Crippen LogP contribution is -2.43. The lowest BCUT2D eigenvalue weighted by Gasteiger charge is -2.23. The number of hydrogen-bond donors (Lipinski definition) is 2. The molecule has 8 heteroatoms. The van der Waals surface area contributed by atoms with E-state index in [1.165, 1.54) is 12.7 Å². The van der Waals surface area contributed by atoms with Crippen LogP contribution in [0.3, 0.4) is 0 Å². The molecule has 1 saturated heterocycles. The number of nitrogens with one attached hydrogen (secondary N) is 2. The van der Waals surface area contributed by atoms with Crippen LogP contribution in [0.4, 0.5) is 0 Å². The molecule has 1 fully saturated rings. The molecule has 1 amide bonds. The summed E-state index contributed by atoms with van der Waals surface area (Å²) in [7, 11) is 1.38. The molecule has 2 aliphatic heterocycles. The number of nitrogens with zero attached hydrogens (tertiary/aromatic N) is 1. The minimum atomic E-state index is -0.343. The molecule has 5 rings (SSSR count). The van der Waals surface area contributed by atoms with Crippen LogP contribution in [0.5, 0.6) is 11.5 Å². The fourth-order valence-corrected chi connectivity index (χ4v) is 5.00. The van der Waals surface area contributed by atoms with E-state index in [2.05, 4.69) is 27.7 Å². The minimum Gasteiger partial charge on any atom is -0.465 e. The van der Waals surface area contributed by atoms with E-state index < -0.39 is 0 Å². The summed E-state index contributed by atoms with van der Waals surface area (Å²) in [4.78, 5) is 27.2. The van der Waals surface area contributed by atoms with Gasteiger partial charge in [0, 0.05) is 32.2 Å². The third kappa shape index (κ3) is 6.33. The van der Waals surface area contributed by atoms with Crippen molar-refractivity contribution >= 4 is 11.9 Å². The Morgan fingerprint density at radius 1 is 0.947 bits per heavy atom. The van der Waals surface area contributed by atoms with Crippen LogP contribution >= 0.6 is 0 Å². The van der Waals surface area contributed by atoms with Gasteiger partial charge in [-0.25, -0.2) is 4.79 Å². The molecular weight excluding hydrogens is 482 g/mol. The van der Waals surface area contributed by atoms with Crippen molar-refractivity contribution < 1.29 is 23.8 Å². The molecule has 8 nitrogen and oxygen atoms in total. The Balaban J connectivity index is 1.18. The molecule has 2 N–H and O–H groups in total. The van der Waals surface area contributed by atoms with Gasteiger partial charge in [0.1, 0.15) is 0 Å². The summed E-state index contributed by atoms with van der Waals surface area (Å²) in [5, 5.41) is 6.75. The van der Waals surface area contributed by atoms with Crippen molar-refractivity contribution in [3.05, 3.63) is 95.1 Å². The number of benzene rings is 3. The summed E-state index contributed by atoms with van der Waals surface area (Å²) >= 11 is 0. The zero-order chi connectivity index (χ0) is 26.3. The van der Waals surface area contributed by atoms with Gasteiger partial charge in [-0.2, -0.15) is 0 Å². The minimum absolute atomic E-state index is 0.0494. The predicted octanol–water partition coefficient (Wildman–Crippen LogP) is 3.29. The summed E-state index contributed by atoms with van der Waals surface area (Å²) in [5.41, 5.74) is 3.89. The predicted molar refractivity (Wildman–Crippen MR) is 143 cm³/mol. The van der Waals surface area contributed by atoms with E-state index in [1.54, 1.807) is 12.1 Å². The zero-order valence-corrected chi connectivity index (χ0v) is 21.5. The molecule has 0 unspecified atom stereocenters. The van der Waals surface area contributed by atoms with Crippen LogP contribution in [-0.4, -0.2) is 55.9 Å². The lowest BCUT2D eigenvalue weighted by molar-refractivity contribution is -0.125. The molecule has 0 aliphatic carbocycles. The lowest BCUT2D eigenvalue weighted by atomic mass is 10.1. The first-order valence-electron chi connectivity index (χ1n) is 12.9. The molecule has 2 atom stereocenters. The molecular formula is C30H33N3O5. The topological polar surface area (TPSA) is 89.1 Å². The molecule has 198 valence electrons. The van der Waals surface area contributed by atoms with Gasteiger partial charge >= 0.3 is 5.97 Å². The fourth-order valence-electron chi connectivity index (χ4n) is 5.00. The number of amides is 1. The number of carbonyl (C=O) groups is 2. The van der Waals surface area contributed by atoms with E-state index in [1.807, 2.05) is 48.5 Å². The molecule has 0 bridgehead atoms. The molecule has 0 spiro atoms. The van der Waals surface area contributed by atoms with E-state index in [9.17, 15) is 9.59 Å². The van der Waals surface area contributed by atoms with Crippen molar-refractivity contribution in [1.82, 2.24) is 15.5 Å². The van der Waals surface area contributed by atoms with Gasteiger partial charge in [-0.1, -0.05) is 48.5 Å². The van der Waals surface area contributed by atoms with E-state index >= 15 is 0 Å². The summed E-state index contributed by atoms with van der Waals surface area (Å²) in [6.45, 7) is 2.95. The smallest absolute Gasteiger partial charge is 0.337 e. The maximum absolute atomic E-state index is 13.3. The van der Waals surface area contributed by atoms with Crippen molar-refractivity contribution in [3.63, 3.8) is 0 Å². The Kier molecular flexibility index (Phi) is 8.21. The zero-order valence-electron chi connectivity index (χ0n) is 21.5. The molecule has 0 radical (unpaired) electrons. The van der Waals surface area contributed by atoms with Crippen LogP contribution in [0.15, 0.2) is 72.8 Å². The fraction of sp³-hybridized carbons (Fsp3) is 0.333. The Hall–Kier alpha value is -3.88. The molecule has 0 aromatic heterocycles. The highest BCUT2D eigenvalue weighted by molar-refractivity contribution is 5.89. The first-order valence-corrected chi connectivity index (χ1v) is 12.9. The highest BCUT2D eigenvalue weighted by Crippen LogP contribution is 2.32. The van der Waals surface area contributed by atoms with Crippen LogP contribution in [0.2, 0.25) is 0 Å². The van der Waals surface area contributed by atoms with Gasteiger partial charge in [0.15, 0.2) is 11.5 Å². The maximum Gasteiger partial charge on any atom is 0.337 e. The molecule has 0 saturated carbocycles. The van der Waals surface area contributed by atoms with Crippen LogP contribution in [0, 0.1) is 0 Å². The number of ether oxygens (including phenoxy) is 3. The quantitative estimate of drug-likeness (QED) is 0.401. The van der Waals surface area contributed by atoms with Crippen molar-refractivity contribution in [3.8, 4) is 11.5 Å². The molecule has 3 aromatic carbocycles. The molecule has 3 aromatic rings. The van der Waals surface area contributed by atoms with Gasteiger partial charge < -0.3 is 24.8 Å². The van der Waals surface area contributed by atoms with Crippen molar-refractivity contribution in [2.24, 2.45) is 0 Å². The van der Waals surface area contributed by atoms with Crippen molar-refractivity contribution in [1.29, 1.82) is 0 Å². The van der Waals surface area contributed by atoms with E-state index in [0.717, 1.165) is 42.0 Å². The highest BCUT2D eigenvalue weighted by Gasteiger charge is 2.36. The number of methoxy groups -OCH3 is 1. The van der Waals surface area contributed by atoms with Gasteiger partial charge in [0.25, 0.3) is 0 Å². The number of esters is 1. The Morgan fingerprint density at radius 3 is 2.50 bits per heavy atom. The monoisotopic (exact) mass is 515 g/mol. The normalized spacial score (nSPS) is 18.3. The summed E-state index contributed by atoms with van der Waals surface area (Å²) in [6, 6.07) is 23.5. The van der Waals surface area contributed by atoms with Gasteiger partial charge in [-0.3, -0.25) is 9.69 Å². The van der Waals surface area contributed by atoms with Gasteiger partial charge in [0.05, 0.1) is 18.7 Å². The second-order valence-electron chi connectivity index (χ2n) is 9.66. The van der Waals surface area contributed by atoms with E-state index in [4.69, 9.17) is 14.2 Å². The van der Waals surface area contributed by atoms with Crippen LogP contribution in [-0.2, 0) is 29.0 Å². The van der Waals surface area contributed by atoms with Gasteiger partial charge in [0.2, 0.25) is 12.7 Å².